The van der Waals surface area contributed by atoms with Crippen LogP contribution in [0.3, 0.4) is 0 Å². The van der Waals surface area contributed by atoms with Crippen LogP contribution in [0.5, 0.6) is 0 Å². The number of amides is 3. The van der Waals surface area contributed by atoms with Crippen LogP contribution in [0.4, 0.5) is 0 Å². The van der Waals surface area contributed by atoms with E-state index in [1.807, 2.05) is 0 Å². The molecule has 0 atom stereocenters. The van der Waals surface area contributed by atoms with E-state index in [0.717, 1.165) is 0 Å². The molecule has 18 heavy (non-hydrogen) atoms. The molecule has 1 radical (unpaired) electrons. The average Bonchev–Trinajstić information content (AvgIpc) is 2.30. The average molecular weight is 362 g/mol. The molecule has 3 amide bonds. The van der Waals surface area contributed by atoms with E-state index in [0.29, 0.717) is 0 Å². The van der Waals surface area contributed by atoms with Crippen LogP contribution in [-0.4, -0.2) is 54.2 Å². The number of thiol groups is 1. The normalized spacial score (nSPS) is 8.72. The number of carbonyl (C=O) groups is 4. The fourth-order valence-electron chi connectivity index (χ4n) is 0.713. The molecule has 0 fully saturated rings. The maximum atomic E-state index is 11.1. The Hall–Kier alpha value is -1.12. The van der Waals surface area contributed by atoms with E-state index in [4.69, 9.17) is 5.11 Å². The number of nitrogens with one attached hydrogen (secondary N) is 3. The number of hydrogen-bond donors (Lipinski definition) is 5. The van der Waals surface area contributed by atoms with Crippen molar-refractivity contribution in [3.05, 3.63) is 0 Å². The van der Waals surface area contributed by atoms with E-state index < -0.39 is 30.2 Å². The van der Waals surface area contributed by atoms with Gasteiger partial charge in [0.1, 0.15) is 6.54 Å². The summed E-state index contributed by atoms with van der Waals surface area (Å²) in [6, 6.07) is 0. The van der Waals surface area contributed by atoms with E-state index in [1.165, 1.54) is 0 Å². The molecule has 0 rings (SSSR count). The first-order valence-corrected chi connectivity index (χ1v) is 5.21. The number of carboxylic acids is 1. The second kappa shape index (κ2) is 11.0. The van der Waals surface area contributed by atoms with Crippen LogP contribution in [0.1, 0.15) is 0 Å². The molecule has 8 nitrogen and oxygen atoms in total. The molecule has 0 bridgehead atoms. The van der Waals surface area contributed by atoms with E-state index >= 15 is 0 Å². The Morgan fingerprint density at radius 2 is 1.22 bits per heavy atom. The summed E-state index contributed by atoms with van der Waals surface area (Å²) >= 11 is 3.69. The van der Waals surface area contributed by atoms with E-state index in [1.54, 1.807) is 0 Å². The van der Waals surface area contributed by atoms with E-state index in [2.05, 4.69) is 28.6 Å². The third-order valence-corrected chi connectivity index (χ3v) is 1.76. The molecule has 4 N–H and O–H groups in total. The van der Waals surface area contributed by atoms with Crippen molar-refractivity contribution in [2.24, 2.45) is 0 Å². The van der Waals surface area contributed by atoms with Crippen molar-refractivity contribution in [1.29, 1.82) is 0 Å². The standard InChI is InChI=1S/C8H13N3O5S.Tc/c12-5(2-10-7(14)4-17)9-1-6(13)11-3-8(15)16;/h17H,1-4H2,(H,9,12)(H,10,14)(H,11,13)(H,15,16);/i;1+1. The van der Waals surface area contributed by atoms with Crippen LogP contribution in [0, 0.1) is 0 Å². The van der Waals surface area contributed by atoms with E-state index in [-0.39, 0.29) is 38.9 Å². The Morgan fingerprint density at radius 1 is 0.833 bits per heavy atom. The van der Waals surface area contributed by atoms with Crippen molar-refractivity contribution in [1.82, 2.24) is 16.0 Å². The molecule has 0 aliphatic carbocycles. The van der Waals surface area contributed by atoms with Gasteiger partial charge >= 0.3 is 5.97 Å². The van der Waals surface area contributed by atoms with Crippen LogP contribution in [0.15, 0.2) is 0 Å². The van der Waals surface area contributed by atoms with Gasteiger partial charge < -0.3 is 21.1 Å². The molecule has 0 aliphatic rings. The first-order chi connectivity index (χ1) is 7.95. The third kappa shape index (κ3) is 11.4. The summed E-state index contributed by atoms with van der Waals surface area (Å²) < 4.78 is 0. The molecule has 0 saturated carbocycles. The number of carboxylic acid groups (broad SMARTS) is 1. The topological polar surface area (TPSA) is 125 Å². The molecule has 103 valence electrons. The quantitative estimate of drug-likeness (QED) is 0.317. The Labute approximate surface area is 122 Å². The fourth-order valence-corrected chi connectivity index (χ4v) is 0.825. The maximum absolute atomic E-state index is 11.1. The van der Waals surface area contributed by atoms with Crippen LogP contribution in [0.25, 0.3) is 0 Å². The van der Waals surface area contributed by atoms with Gasteiger partial charge in [0.25, 0.3) is 0 Å². The van der Waals surface area contributed by atoms with Gasteiger partial charge in [0.05, 0.1) is 18.8 Å². The number of rotatable bonds is 7. The maximum Gasteiger partial charge on any atom is 0.322 e. The summed E-state index contributed by atoms with van der Waals surface area (Å²) in [6.07, 6.45) is 0. The molecule has 10 heteroatoms. The molecular weight excluding hydrogens is 349 g/mol. The Balaban J connectivity index is 0. The van der Waals surface area contributed by atoms with Gasteiger partial charge in [-0.3, -0.25) is 19.2 Å². The molecule has 0 spiro atoms. The van der Waals surface area contributed by atoms with Gasteiger partial charge in [-0.1, -0.05) is 0 Å². The van der Waals surface area contributed by atoms with Crippen molar-refractivity contribution in [3.63, 3.8) is 0 Å². The molecule has 0 unspecified atom stereocenters. The van der Waals surface area contributed by atoms with Gasteiger partial charge in [0.2, 0.25) is 17.7 Å². The smallest absolute Gasteiger partial charge is 0.322 e. The Bertz CT molecular complexity index is 326. The minimum absolute atomic E-state index is 0. The molecule has 0 aliphatic heterocycles. The largest absolute Gasteiger partial charge is 0.480 e. The third-order valence-electron chi connectivity index (χ3n) is 1.47. The molecule has 0 saturated heterocycles. The molecule has 0 aromatic rings. The summed E-state index contributed by atoms with van der Waals surface area (Å²) in [5.74, 6) is -2.79. The zero-order valence-corrected chi connectivity index (χ0v) is 12.0. The van der Waals surface area contributed by atoms with Crippen LogP contribution >= 0.6 is 12.6 Å². The predicted octanol–water partition coefficient (Wildman–Crippen LogP) is -2.65. The summed E-state index contributed by atoms with van der Waals surface area (Å²) in [4.78, 5) is 42.8. The molecule has 0 heterocycles. The van der Waals surface area contributed by atoms with Gasteiger partial charge in [-0.25, -0.2) is 0 Å². The summed E-state index contributed by atoms with van der Waals surface area (Å²) in [7, 11) is 0. The first kappa shape index (κ1) is 19.2. The second-order valence-electron chi connectivity index (χ2n) is 2.88. The van der Waals surface area contributed by atoms with Crippen molar-refractivity contribution in [3.8, 4) is 0 Å². The van der Waals surface area contributed by atoms with Crippen LogP contribution in [0.2, 0.25) is 0 Å². The van der Waals surface area contributed by atoms with Gasteiger partial charge in [-0.2, -0.15) is 12.6 Å². The first-order valence-electron chi connectivity index (χ1n) is 4.58. The van der Waals surface area contributed by atoms with E-state index in [9.17, 15) is 19.2 Å². The van der Waals surface area contributed by atoms with Crippen LogP contribution in [-0.2, 0) is 39.3 Å². The minimum Gasteiger partial charge on any atom is -0.480 e. The number of hydrogen-bond acceptors (Lipinski definition) is 5. The van der Waals surface area contributed by atoms with Crippen molar-refractivity contribution in [2.45, 2.75) is 0 Å². The zero-order chi connectivity index (χ0) is 13.3. The number of aliphatic carboxylic acids is 1. The second-order valence-corrected chi connectivity index (χ2v) is 3.20. The monoisotopic (exact) mass is 362 g/mol. The summed E-state index contributed by atoms with van der Waals surface area (Å²) in [5.41, 5.74) is 0. The Kier molecular flexibility index (Phi) is 11.7. The SMILES string of the molecule is O=C(O)CNC(=O)CNC(=O)CNC(=O)CS.[99Tc]. The zero-order valence-electron chi connectivity index (χ0n) is 9.23. The summed E-state index contributed by atoms with van der Waals surface area (Å²) in [6.45, 7) is -1.11. The minimum atomic E-state index is -1.18. The van der Waals surface area contributed by atoms with Crippen molar-refractivity contribution in [2.75, 3.05) is 25.4 Å². The van der Waals surface area contributed by atoms with Crippen molar-refractivity contribution < 1.29 is 44.4 Å². The fraction of sp³-hybridized carbons (Fsp3) is 0.500. The summed E-state index contributed by atoms with van der Waals surface area (Å²) in [5, 5.41) is 14.8. The van der Waals surface area contributed by atoms with Crippen molar-refractivity contribution >= 4 is 36.3 Å². The van der Waals surface area contributed by atoms with Crippen LogP contribution < -0.4 is 16.0 Å². The van der Waals surface area contributed by atoms with Gasteiger partial charge in [-0.05, 0) is 0 Å². The van der Waals surface area contributed by atoms with Gasteiger partial charge in [0, 0.05) is 20.1 Å². The van der Waals surface area contributed by atoms with Gasteiger partial charge in [-0.15, -0.1) is 0 Å². The molecule has 0 aromatic carbocycles. The molecular formula is C8H13N3O5STc. The molecule has 0 aromatic heterocycles. The number of carbonyl (C=O) groups excluding carboxylic acids is 3. The van der Waals surface area contributed by atoms with Gasteiger partial charge in [0.15, 0.2) is 0 Å². The predicted molar refractivity (Wildman–Crippen MR) is 60.5 cm³/mol. The Morgan fingerprint density at radius 3 is 1.61 bits per heavy atom.